The van der Waals surface area contributed by atoms with Crippen molar-refractivity contribution in [2.75, 3.05) is 7.11 Å². The van der Waals surface area contributed by atoms with Crippen molar-refractivity contribution in [1.29, 1.82) is 0 Å². The van der Waals surface area contributed by atoms with E-state index >= 15 is 0 Å². The van der Waals surface area contributed by atoms with Crippen LogP contribution in [0.2, 0.25) is 0 Å². The fourth-order valence-electron chi connectivity index (χ4n) is 3.39. The van der Waals surface area contributed by atoms with E-state index in [4.69, 9.17) is 10.6 Å². The molecule has 1 aromatic heterocycles. The van der Waals surface area contributed by atoms with Gasteiger partial charge in [-0.2, -0.15) is 0 Å². The summed E-state index contributed by atoms with van der Waals surface area (Å²) in [5, 5.41) is 0. The molecular formula is C15H24BrN3O. The summed E-state index contributed by atoms with van der Waals surface area (Å²) in [6, 6.07) is 2.19. The van der Waals surface area contributed by atoms with Crippen LogP contribution in [0.3, 0.4) is 0 Å². The lowest BCUT2D eigenvalue weighted by Gasteiger charge is -2.44. The average molecular weight is 342 g/mol. The van der Waals surface area contributed by atoms with E-state index in [0.29, 0.717) is 5.92 Å². The SMILES string of the molecule is COC1(C(Cc2cncc(Br)c2)NN)CCCC(C)C1. The standard InChI is InChI=1S/C15H24BrN3O/c1-11-4-3-5-15(8-11,20-2)14(19-17)7-12-6-13(16)10-18-9-12/h6,9-11,14,19H,3-5,7-8,17H2,1-2H3. The van der Waals surface area contributed by atoms with Crippen molar-refractivity contribution in [3.8, 4) is 0 Å². The molecule has 3 atom stereocenters. The van der Waals surface area contributed by atoms with Crippen LogP contribution in [0.5, 0.6) is 0 Å². The molecule has 0 aliphatic heterocycles. The Morgan fingerprint density at radius 2 is 2.40 bits per heavy atom. The van der Waals surface area contributed by atoms with Crippen LogP contribution in [0.15, 0.2) is 22.9 Å². The van der Waals surface area contributed by atoms with Gasteiger partial charge in [-0.1, -0.05) is 19.8 Å². The van der Waals surface area contributed by atoms with Gasteiger partial charge in [0.05, 0.1) is 11.6 Å². The Bertz CT molecular complexity index is 443. The molecule has 3 N–H and O–H groups in total. The van der Waals surface area contributed by atoms with Gasteiger partial charge in [0.25, 0.3) is 0 Å². The minimum atomic E-state index is -0.172. The van der Waals surface area contributed by atoms with E-state index in [1.54, 1.807) is 6.20 Å². The van der Waals surface area contributed by atoms with Crippen LogP contribution in [-0.4, -0.2) is 23.7 Å². The molecule has 3 unspecified atom stereocenters. The number of hydrazine groups is 1. The Balaban J connectivity index is 2.17. The zero-order valence-corrected chi connectivity index (χ0v) is 13.8. The summed E-state index contributed by atoms with van der Waals surface area (Å²) in [5.74, 6) is 6.51. The lowest BCUT2D eigenvalue weighted by atomic mass is 9.73. The van der Waals surface area contributed by atoms with E-state index in [1.807, 2.05) is 13.3 Å². The van der Waals surface area contributed by atoms with Crippen LogP contribution in [-0.2, 0) is 11.2 Å². The van der Waals surface area contributed by atoms with Gasteiger partial charge in [-0.25, -0.2) is 0 Å². The van der Waals surface area contributed by atoms with Crippen LogP contribution in [0.4, 0.5) is 0 Å². The number of pyridine rings is 1. The van der Waals surface area contributed by atoms with Crippen LogP contribution in [0, 0.1) is 5.92 Å². The second-order valence-corrected chi connectivity index (χ2v) is 6.82. The third kappa shape index (κ3) is 3.58. The van der Waals surface area contributed by atoms with E-state index in [2.05, 4.69) is 39.3 Å². The summed E-state index contributed by atoms with van der Waals surface area (Å²) < 4.78 is 6.92. The smallest absolute Gasteiger partial charge is 0.0850 e. The molecule has 2 rings (SSSR count). The first-order valence-corrected chi connectivity index (χ1v) is 7.99. The summed E-state index contributed by atoms with van der Waals surface area (Å²) in [6.07, 6.45) is 9.10. The minimum absolute atomic E-state index is 0.103. The quantitative estimate of drug-likeness (QED) is 0.638. The van der Waals surface area contributed by atoms with Crippen molar-refractivity contribution in [3.63, 3.8) is 0 Å². The molecule has 1 aliphatic rings. The normalized spacial score (nSPS) is 28.3. The number of rotatable bonds is 5. The minimum Gasteiger partial charge on any atom is -0.377 e. The number of hydrogen-bond acceptors (Lipinski definition) is 4. The molecule has 1 aromatic rings. The van der Waals surface area contributed by atoms with Gasteiger partial charge in [0.2, 0.25) is 0 Å². The zero-order chi connectivity index (χ0) is 14.6. The summed E-state index contributed by atoms with van der Waals surface area (Å²) in [4.78, 5) is 4.22. The Labute approximate surface area is 129 Å². The first kappa shape index (κ1) is 15.9. The first-order valence-electron chi connectivity index (χ1n) is 7.20. The molecule has 20 heavy (non-hydrogen) atoms. The lowest BCUT2D eigenvalue weighted by molar-refractivity contribution is -0.0791. The summed E-state index contributed by atoms with van der Waals surface area (Å²) in [6.45, 7) is 2.29. The molecule has 0 spiro atoms. The molecule has 0 radical (unpaired) electrons. The average Bonchev–Trinajstić information content (AvgIpc) is 2.44. The molecule has 0 aromatic carbocycles. The first-order chi connectivity index (χ1) is 9.59. The van der Waals surface area contributed by atoms with Gasteiger partial charge in [0, 0.05) is 24.0 Å². The Morgan fingerprint density at radius 3 is 3.00 bits per heavy atom. The van der Waals surface area contributed by atoms with Crippen LogP contribution in [0.1, 0.15) is 38.2 Å². The van der Waals surface area contributed by atoms with Gasteiger partial charge in [0.1, 0.15) is 0 Å². The van der Waals surface area contributed by atoms with E-state index in [0.717, 1.165) is 29.3 Å². The van der Waals surface area contributed by atoms with E-state index in [-0.39, 0.29) is 11.6 Å². The number of halogens is 1. The second kappa shape index (κ2) is 6.98. The Morgan fingerprint density at radius 1 is 1.60 bits per heavy atom. The van der Waals surface area contributed by atoms with Crippen molar-refractivity contribution >= 4 is 15.9 Å². The molecule has 0 bridgehead atoms. The van der Waals surface area contributed by atoms with Gasteiger partial charge < -0.3 is 4.74 Å². The number of methoxy groups -OCH3 is 1. The fourth-order valence-corrected chi connectivity index (χ4v) is 3.80. The number of aromatic nitrogens is 1. The van der Waals surface area contributed by atoms with Gasteiger partial charge in [-0.15, -0.1) is 0 Å². The highest BCUT2D eigenvalue weighted by atomic mass is 79.9. The fraction of sp³-hybridized carbons (Fsp3) is 0.667. The topological polar surface area (TPSA) is 60.2 Å². The largest absolute Gasteiger partial charge is 0.377 e. The van der Waals surface area contributed by atoms with Crippen molar-refractivity contribution in [2.24, 2.45) is 11.8 Å². The van der Waals surface area contributed by atoms with Crippen molar-refractivity contribution in [1.82, 2.24) is 10.4 Å². The van der Waals surface area contributed by atoms with Crippen molar-refractivity contribution in [2.45, 2.75) is 50.7 Å². The van der Waals surface area contributed by atoms with Crippen molar-refractivity contribution in [3.05, 3.63) is 28.5 Å². The monoisotopic (exact) mass is 341 g/mol. The third-order valence-electron chi connectivity index (χ3n) is 4.43. The summed E-state index contributed by atoms with van der Waals surface area (Å²) in [7, 11) is 1.81. The van der Waals surface area contributed by atoms with Crippen LogP contribution in [0.25, 0.3) is 0 Å². The van der Waals surface area contributed by atoms with Gasteiger partial charge in [-0.05, 0) is 52.7 Å². The molecule has 1 fully saturated rings. The maximum Gasteiger partial charge on any atom is 0.0850 e. The van der Waals surface area contributed by atoms with E-state index in [9.17, 15) is 0 Å². The predicted molar refractivity (Wildman–Crippen MR) is 84.1 cm³/mol. The molecule has 1 heterocycles. The van der Waals surface area contributed by atoms with Gasteiger partial charge in [0.15, 0.2) is 0 Å². The predicted octanol–water partition coefficient (Wildman–Crippen LogP) is 2.81. The van der Waals surface area contributed by atoms with Crippen LogP contribution < -0.4 is 11.3 Å². The number of hydrogen-bond donors (Lipinski definition) is 2. The number of nitrogens with one attached hydrogen (secondary N) is 1. The molecule has 0 saturated heterocycles. The van der Waals surface area contributed by atoms with E-state index < -0.39 is 0 Å². The Hall–Kier alpha value is -0.490. The number of ether oxygens (including phenoxy) is 1. The molecule has 1 saturated carbocycles. The Kier molecular flexibility index (Phi) is 5.55. The number of nitrogens with two attached hydrogens (primary N) is 1. The maximum atomic E-state index is 5.93. The molecule has 0 amide bonds. The summed E-state index contributed by atoms with van der Waals surface area (Å²) >= 11 is 3.46. The highest BCUT2D eigenvalue weighted by molar-refractivity contribution is 9.10. The van der Waals surface area contributed by atoms with Crippen molar-refractivity contribution < 1.29 is 4.74 Å². The molecular weight excluding hydrogens is 318 g/mol. The number of nitrogens with zero attached hydrogens (tertiary/aromatic N) is 1. The molecule has 4 nitrogen and oxygen atoms in total. The molecule has 1 aliphatic carbocycles. The maximum absolute atomic E-state index is 5.93. The highest BCUT2D eigenvalue weighted by Gasteiger charge is 2.41. The highest BCUT2D eigenvalue weighted by Crippen LogP contribution is 2.38. The van der Waals surface area contributed by atoms with E-state index in [1.165, 1.54) is 12.8 Å². The van der Waals surface area contributed by atoms with Gasteiger partial charge >= 0.3 is 0 Å². The van der Waals surface area contributed by atoms with Crippen LogP contribution >= 0.6 is 15.9 Å². The third-order valence-corrected chi connectivity index (χ3v) is 4.87. The second-order valence-electron chi connectivity index (χ2n) is 5.91. The zero-order valence-electron chi connectivity index (χ0n) is 12.2. The summed E-state index contributed by atoms with van der Waals surface area (Å²) in [5.41, 5.74) is 3.98. The van der Waals surface area contributed by atoms with Gasteiger partial charge in [-0.3, -0.25) is 16.3 Å². The lowest BCUT2D eigenvalue weighted by Crippen LogP contribution is -2.57. The molecule has 5 heteroatoms. The molecule has 112 valence electrons.